The van der Waals surface area contributed by atoms with E-state index < -0.39 is 6.04 Å². The van der Waals surface area contributed by atoms with E-state index in [1.807, 2.05) is 6.92 Å². The summed E-state index contributed by atoms with van der Waals surface area (Å²) in [6.07, 6.45) is 0.598. The van der Waals surface area contributed by atoms with Crippen molar-refractivity contribution in [1.29, 1.82) is 0 Å². The van der Waals surface area contributed by atoms with Crippen LogP contribution in [-0.4, -0.2) is 35.8 Å². The van der Waals surface area contributed by atoms with E-state index in [9.17, 15) is 9.59 Å². The number of carbonyl (C=O) groups excluding carboxylic acids is 2. The van der Waals surface area contributed by atoms with Gasteiger partial charge in [0.1, 0.15) is 6.04 Å². The molecule has 5 nitrogen and oxygen atoms in total. The lowest BCUT2D eigenvalue weighted by Gasteiger charge is -2.34. The number of nitrogens with zero attached hydrogens (tertiary/aromatic N) is 1. The highest BCUT2D eigenvalue weighted by Gasteiger charge is 2.32. The third-order valence-corrected chi connectivity index (χ3v) is 3.60. The van der Waals surface area contributed by atoms with Crippen molar-refractivity contribution in [3.05, 3.63) is 28.2 Å². The zero-order chi connectivity index (χ0) is 14.0. The molecule has 2 amide bonds. The normalized spacial score (nSPS) is 19.2. The highest BCUT2D eigenvalue weighted by molar-refractivity contribution is 9.10. The molecule has 1 atom stereocenters. The van der Waals surface area contributed by atoms with Gasteiger partial charge in [0.15, 0.2) is 0 Å². The Kier molecular flexibility index (Phi) is 4.09. The van der Waals surface area contributed by atoms with Crippen molar-refractivity contribution >= 4 is 33.4 Å². The fourth-order valence-corrected chi connectivity index (χ4v) is 2.78. The SMILES string of the molecule is CCC1C(=O)NCCN1C(=O)c1cc(N)cc(Br)c1. The first kappa shape index (κ1) is 13.9. The van der Waals surface area contributed by atoms with Crippen molar-refractivity contribution in [1.82, 2.24) is 10.2 Å². The van der Waals surface area contributed by atoms with Gasteiger partial charge in [-0.05, 0) is 24.6 Å². The molecular formula is C13H16BrN3O2. The first-order valence-corrected chi connectivity index (χ1v) is 6.97. The summed E-state index contributed by atoms with van der Waals surface area (Å²) in [4.78, 5) is 25.9. The zero-order valence-electron chi connectivity index (χ0n) is 10.6. The van der Waals surface area contributed by atoms with Crippen molar-refractivity contribution in [2.24, 2.45) is 0 Å². The van der Waals surface area contributed by atoms with E-state index in [1.54, 1.807) is 23.1 Å². The van der Waals surface area contributed by atoms with Crippen LogP contribution in [0.4, 0.5) is 5.69 Å². The quantitative estimate of drug-likeness (QED) is 0.807. The average molecular weight is 326 g/mol. The van der Waals surface area contributed by atoms with Gasteiger partial charge in [0.25, 0.3) is 5.91 Å². The first-order chi connectivity index (χ1) is 9.02. The van der Waals surface area contributed by atoms with Crippen LogP contribution in [0.3, 0.4) is 0 Å². The van der Waals surface area contributed by atoms with E-state index in [2.05, 4.69) is 21.2 Å². The van der Waals surface area contributed by atoms with Crippen LogP contribution in [0.15, 0.2) is 22.7 Å². The lowest BCUT2D eigenvalue weighted by atomic mass is 10.1. The molecule has 1 aromatic rings. The average Bonchev–Trinajstić information content (AvgIpc) is 2.36. The number of benzene rings is 1. The van der Waals surface area contributed by atoms with E-state index in [1.165, 1.54) is 0 Å². The van der Waals surface area contributed by atoms with Gasteiger partial charge in [0, 0.05) is 28.8 Å². The Balaban J connectivity index is 2.29. The second-order valence-corrected chi connectivity index (χ2v) is 5.40. The van der Waals surface area contributed by atoms with E-state index in [4.69, 9.17) is 5.73 Å². The van der Waals surface area contributed by atoms with Gasteiger partial charge in [-0.1, -0.05) is 22.9 Å². The molecule has 1 aliphatic rings. The molecule has 1 heterocycles. The topological polar surface area (TPSA) is 75.4 Å². The van der Waals surface area contributed by atoms with E-state index in [0.29, 0.717) is 30.8 Å². The number of nitrogens with one attached hydrogen (secondary N) is 1. The smallest absolute Gasteiger partial charge is 0.254 e. The molecule has 6 heteroatoms. The predicted octanol–water partition coefficient (Wildman–Crippen LogP) is 1.38. The molecule has 1 unspecified atom stereocenters. The molecule has 102 valence electrons. The molecule has 0 aromatic heterocycles. The van der Waals surface area contributed by atoms with Gasteiger partial charge in [0.2, 0.25) is 5.91 Å². The number of carbonyl (C=O) groups is 2. The van der Waals surface area contributed by atoms with Gasteiger partial charge < -0.3 is 16.0 Å². The lowest BCUT2D eigenvalue weighted by Crippen LogP contribution is -2.56. The molecule has 1 aromatic carbocycles. The largest absolute Gasteiger partial charge is 0.399 e. The highest BCUT2D eigenvalue weighted by atomic mass is 79.9. The Hall–Kier alpha value is -1.56. The second-order valence-electron chi connectivity index (χ2n) is 4.49. The number of nitrogens with two attached hydrogens (primary N) is 1. The molecule has 1 fully saturated rings. The van der Waals surface area contributed by atoms with Crippen molar-refractivity contribution in [3.8, 4) is 0 Å². The molecule has 0 spiro atoms. The summed E-state index contributed by atoms with van der Waals surface area (Å²) in [6, 6.07) is 4.68. The first-order valence-electron chi connectivity index (χ1n) is 6.17. The van der Waals surface area contributed by atoms with Crippen LogP contribution in [0.1, 0.15) is 23.7 Å². The van der Waals surface area contributed by atoms with Crippen LogP contribution >= 0.6 is 15.9 Å². The summed E-state index contributed by atoms with van der Waals surface area (Å²) in [6.45, 7) is 2.91. The van der Waals surface area contributed by atoms with Gasteiger partial charge in [-0.15, -0.1) is 0 Å². The third-order valence-electron chi connectivity index (χ3n) is 3.15. The number of nitrogen functional groups attached to an aromatic ring is 1. The molecular weight excluding hydrogens is 310 g/mol. The number of hydrogen-bond acceptors (Lipinski definition) is 3. The minimum atomic E-state index is -0.401. The molecule has 0 saturated carbocycles. The molecule has 3 N–H and O–H groups in total. The van der Waals surface area contributed by atoms with Crippen LogP contribution in [0.5, 0.6) is 0 Å². The van der Waals surface area contributed by atoms with Gasteiger partial charge in [0.05, 0.1) is 0 Å². The Bertz CT molecular complexity index is 498. The fraction of sp³-hybridized carbons (Fsp3) is 0.385. The van der Waals surface area contributed by atoms with E-state index in [0.717, 1.165) is 4.47 Å². The number of amides is 2. The molecule has 0 radical (unpaired) electrons. The maximum Gasteiger partial charge on any atom is 0.254 e. The third kappa shape index (κ3) is 2.89. The minimum absolute atomic E-state index is 0.0925. The van der Waals surface area contributed by atoms with Crippen molar-refractivity contribution in [2.75, 3.05) is 18.8 Å². The Morgan fingerprint density at radius 3 is 2.89 bits per heavy atom. The summed E-state index contributed by atoms with van der Waals surface area (Å²) in [5.74, 6) is -0.250. The van der Waals surface area contributed by atoms with Gasteiger partial charge >= 0.3 is 0 Å². The van der Waals surface area contributed by atoms with Crippen LogP contribution in [0.2, 0.25) is 0 Å². The number of anilines is 1. The van der Waals surface area contributed by atoms with Gasteiger partial charge in [-0.2, -0.15) is 0 Å². The van der Waals surface area contributed by atoms with E-state index >= 15 is 0 Å². The highest BCUT2D eigenvalue weighted by Crippen LogP contribution is 2.20. The minimum Gasteiger partial charge on any atom is -0.399 e. The maximum atomic E-state index is 12.5. The fourth-order valence-electron chi connectivity index (χ4n) is 2.27. The van der Waals surface area contributed by atoms with Crippen molar-refractivity contribution < 1.29 is 9.59 Å². The van der Waals surface area contributed by atoms with Gasteiger partial charge in [-0.3, -0.25) is 9.59 Å². The molecule has 2 rings (SSSR count). The predicted molar refractivity (Wildman–Crippen MR) is 76.7 cm³/mol. The summed E-state index contributed by atoms with van der Waals surface area (Å²) in [5, 5.41) is 2.78. The molecule has 0 aliphatic carbocycles. The van der Waals surface area contributed by atoms with Crippen LogP contribution in [-0.2, 0) is 4.79 Å². The maximum absolute atomic E-state index is 12.5. The van der Waals surface area contributed by atoms with Crippen molar-refractivity contribution in [3.63, 3.8) is 0 Å². The molecule has 1 aliphatic heterocycles. The second kappa shape index (κ2) is 5.61. The van der Waals surface area contributed by atoms with Crippen LogP contribution in [0, 0.1) is 0 Å². The number of rotatable bonds is 2. The lowest BCUT2D eigenvalue weighted by molar-refractivity contribution is -0.127. The molecule has 19 heavy (non-hydrogen) atoms. The number of hydrogen-bond donors (Lipinski definition) is 2. The summed E-state index contributed by atoms with van der Waals surface area (Å²) in [7, 11) is 0. The number of piperazine rings is 1. The Morgan fingerprint density at radius 2 is 2.26 bits per heavy atom. The van der Waals surface area contributed by atoms with Crippen molar-refractivity contribution in [2.45, 2.75) is 19.4 Å². The monoisotopic (exact) mass is 325 g/mol. The standard InChI is InChI=1S/C13H16BrN3O2/c1-2-11-12(18)16-3-4-17(11)13(19)8-5-9(14)7-10(15)6-8/h5-7,11H,2-4,15H2,1H3,(H,16,18). The van der Waals surface area contributed by atoms with Crippen LogP contribution in [0.25, 0.3) is 0 Å². The summed E-state index contributed by atoms with van der Waals surface area (Å²) < 4.78 is 0.755. The molecule has 0 bridgehead atoms. The van der Waals surface area contributed by atoms with Crippen LogP contribution < -0.4 is 11.1 Å². The Labute approximate surface area is 120 Å². The Morgan fingerprint density at radius 1 is 1.53 bits per heavy atom. The van der Waals surface area contributed by atoms with E-state index in [-0.39, 0.29) is 11.8 Å². The zero-order valence-corrected chi connectivity index (χ0v) is 12.2. The van der Waals surface area contributed by atoms with Gasteiger partial charge in [-0.25, -0.2) is 0 Å². The summed E-state index contributed by atoms with van der Waals surface area (Å²) in [5.41, 5.74) is 6.76. The number of halogens is 1. The summed E-state index contributed by atoms with van der Waals surface area (Å²) >= 11 is 3.32. The molecule has 1 saturated heterocycles.